The van der Waals surface area contributed by atoms with Gasteiger partial charge >= 0.3 is 0 Å². The maximum Gasteiger partial charge on any atom is 0.251 e. The third-order valence-electron chi connectivity index (χ3n) is 4.55. The van der Waals surface area contributed by atoms with Crippen LogP contribution in [0.2, 0.25) is 0 Å². The number of benzene rings is 2. The van der Waals surface area contributed by atoms with Crippen LogP contribution in [-0.2, 0) is 13.0 Å². The van der Waals surface area contributed by atoms with Crippen LogP contribution in [0.15, 0.2) is 67.0 Å². The van der Waals surface area contributed by atoms with Gasteiger partial charge in [0.1, 0.15) is 12.4 Å². The number of hydrogen-bond acceptors (Lipinski definition) is 5. The monoisotopic (exact) mass is 420 g/mol. The number of rotatable bonds is 11. The first-order valence-corrected chi connectivity index (χ1v) is 10.5. The SMILES string of the molecule is CCOc1ccc(CCNC(=O)c2ccc(OCc3cccnc3)cc2)cc1OCC. The topological polar surface area (TPSA) is 69.7 Å². The lowest BCUT2D eigenvalue weighted by Crippen LogP contribution is -2.25. The molecule has 3 aromatic rings. The average Bonchev–Trinajstić information content (AvgIpc) is 2.80. The molecule has 162 valence electrons. The minimum absolute atomic E-state index is 0.116. The van der Waals surface area contributed by atoms with E-state index in [9.17, 15) is 4.79 Å². The molecule has 0 aliphatic rings. The van der Waals surface area contributed by atoms with Gasteiger partial charge in [-0.15, -0.1) is 0 Å². The van der Waals surface area contributed by atoms with Gasteiger partial charge in [0, 0.05) is 30.1 Å². The standard InChI is InChI=1S/C25H28N2O4/c1-3-29-23-12-7-19(16-24(23)30-4-2)13-15-27-25(28)21-8-10-22(11-9-21)31-18-20-6-5-14-26-17-20/h5-12,14,16-17H,3-4,13,15,18H2,1-2H3,(H,27,28). The first kappa shape index (κ1) is 22.2. The number of nitrogens with one attached hydrogen (secondary N) is 1. The normalized spacial score (nSPS) is 10.4. The van der Waals surface area contributed by atoms with Crippen molar-refractivity contribution in [2.75, 3.05) is 19.8 Å². The Morgan fingerprint density at radius 2 is 1.68 bits per heavy atom. The number of carbonyl (C=O) groups is 1. The van der Waals surface area contributed by atoms with E-state index in [1.54, 1.807) is 36.7 Å². The Hall–Kier alpha value is -3.54. The maximum absolute atomic E-state index is 12.4. The Morgan fingerprint density at radius 3 is 2.39 bits per heavy atom. The van der Waals surface area contributed by atoms with Crippen LogP contribution in [0.1, 0.15) is 35.3 Å². The van der Waals surface area contributed by atoms with E-state index < -0.39 is 0 Å². The number of aromatic nitrogens is 1. The largest absolute Gasteiger partial charge is 0.490 e. The molecule has 1 aromatic heterocycles. The molecule has 0 radical (unpaired) electrons. The molecule has 0 aliphatic heterocycles. The van der Waals surface area contributed by atoms with Crippen LogP contribution in [0.4, 0.5) is 0 Å². The van der Waals surface area contributed by atoms with Gasteiger partial charge in [0.2, 0.25) is 0 Å². The Labute approximate surface area is 183 Å². The molecular weight excluding hydrogens is 392 g/mol. The number of pyridine rings is 1. The highest BCUT2D eigenvalue weighted by atomic mass is 16.5. The summed E-state index contributed by atoms with van der Waals surface area (Å²) in [4.78, 5) is 16.5. The zero-order chi connectivity index (χ0) is 21.9. The molecule has 0 atom stereocenters. The molecule has 0 aliphatic carbocycles. The van der Waals surface area contributed by atoms with E-state index in [-0.39, 0.29) is 5.91 Å². The minimum Gasteiger partial charge on any atom is -0.490 e. The van der Waals surface area contributed by atoms with Crippen LogP contribution in [0.3, 0.4) is 0 Å². The van der Waals surface area contributed by atoms with Gasteiger partial charge in [0.25, 0.3) is 5.91 Å². The second-order valence-electron chi connectivity index (χ2n) is 6.83. The van der Waals surface area contributed by atoms with E-state index in [1.807, 2.05) is 44.2 Å². The highest BCUT2D eigenvalue weighted by Crippen LogP contribution is 2.28. The molecule has 6 nitrogen and oxygen atoms in total. The van der Waals surface area contributed by atoms with E-state index in [0.717, 1.165) is 22.6 Å². The second-order valence-corrected chi connectivity index (χ2v) is 6.83. The summed E-state index contributed by atoms with van der Waals surface area (Å²) in [5.74, 6) is 2.06. The van der Waals surface area contributed by atoms with Crippen LogP contribution in [0.5, 0.6) is 17.2 Å². The lowest BCUT2D eigenvalue weighted by Gasteiger charge is -2.13. The number of hydrogen-bond donors (Lipinski definition) is 1. The fourth-order valence-electron chi connectivity index (χ4n) is 3.03. The lowest BCUT2D eigenvalue weighted by atomic mass is 10.1. The summed E-state index contributed by atoms with van der Waals surface area (Å²) in [6.45, 7) is 6.00. The Bertz CT molecular complexity index is 959. The fourth-order valence-corrected chi connectivity index (χ4v) is 3.03. The average molecular weight is 421 g/mol. The molecule has 1 N–H and O–H groups in total. The number of amides is 1. The molecule has 3 rings (SSSR count). The predicted molar refractivity (Wildman–Crippen MR) is 120 cm³/mol. The summed E-state index contributed by atoms with van der Waals surface area (Å²) >= 11 is 0. The van der Waals surface area contributed by atoms with Crippen molar-refractivity contribution in [3.8, 4) is 17.2 Å². The van der Waals surface area contributed by atoms with Gasteiger partial charge in [0.15, 0.2) is 11.5 Å². The molecule has 6 heteroatoms. The molecule has 1 heterocycles. The van der Waals surface area contributed by atoms with Gasteiger partial charge in [-0.2, -0.15) is 0 Å². The van der Waals surface area contributed by atoms with Crippen molar-refractivity contribution in [3.05, 3.63) is 83.7 Å². The third-order valence-corrected chi connectivity index (χ3v) is 4.55. The van der Waals surface area contributed by atoms with Crippen LogP contribution < -0.4 is 19.5 Å². The Kier molecular flexibility index (Phi) is 8.29. The Morgan fingerprint density at radius 1 is 0.903 bits per heavy atom. The molecule has 0 unspecified atom stereocenters. The molecule has 2 aromatic carbocycles. The zero-order valence-corrected chi connectivity index (χ0v) is 18.0. The highest BCUT2D eigenvalue weighted by molar-refractivity contribution is 5.94. The Balaban J connectivity index is 1.48. The maximum atomic E-state index is 12.4. The van der Waals surface area contributed by atoms with E-state index in [2.05, 4.69) is 10.3 Å². The second kappa shape index (κ2) is 11.6. The fraction of sp³-hybridized carbons (Fsp3) is 0.280. The van der Waals surface area contributed by atoms with Crippen molar-refractivity contribution in [2.45, 2.75) is 26.9 Å². The summed E-state index contributed by atoms with van der Waals surface area (Å²) in [6, 6.07) is 16.8. The molecule has 0 spiro atoms. The van der Waals surface area contributed by atoms with Gasteiger partial charge in [-0.05, 0) is 68.3 Å². The van der Waals surface area contributed by atoms with Crippen molar-refractivity contribution in [2.24, 2.45) is 0 Å². The van der Waals surface area contributed by atoms with Gasteiger partial charge in [0.05, 0.1) is 13.2 Å². The van der Waals surface area contributed by atoms with Crippen LogP contribution in [-0.4, -0.2) is 30.6 Å². The van der Waals surface area contributed by atoms with E-state index in [0.29, 0.717) is 44.1 Å². The summed E-state index contributed by atoms with van der Waals surface area (Å²) in [5, 5.41) is 2.96. The number of carbonyl (C=O) groups excluding carboxylic acids is 1. The van der Waals surface area contributed by atoms with Crippen molar-refractivity contribution in [1.29, 1.82) is 0 Å². The molecule has 0 bridgehead atoms. The van der Waals surface area contributed by atoms with Gasteiger partial charge in [-0.3, -0.25) is 9.78 Å². The quantitative estimate of drug-likeness (QED) is 0.497. The smallest absolute Gasteiger partial charge is 0.251 e. The van der Waals surface area contributed by atoms with Crippen molar-refractivity contribution in [3.63, 3.8) is 0 Å². The van der Waals surface area contributed by atoms with Crippen molar-refractivity contribution >= 4 is 5.91 Å². The highest BCUT2D eigenvalue weighted by Gasteiger charge is 2.08. The van der Waals surface area contributed by atoms with E-state index in [4.69, 9.17) is 14.2 Å². The van der Waals surface area contributed by atoms with Gasteiger partial charge in [-0.1, -0.05) is 12.1 Å². The van der Waals surface area contributed by atoms with Crippen molar-refractivity contribution in [1.82, 2.24) is 10.3 Å². The molecular formula is C25H28N2O4. The van der Waals surface area contributed by atoms with E-state index >= 15 is 0 Å². The first-order chi connectivity index (χ1) is 15.2. The molecule has 31 heavy (non-hydrogen) atoms. The summed E-state index contributed by atoms with van der Waals surface area (Å²) in [5.41, 5.74) is 2.66. The molecule has 1 amide bonds. The number of nitrogens with zero attached hydrogens (tertiary/aromatic N) is 1. The molecule has 0 saturated carbocycles. The third kappa shape index (κ3) is 6.74. The summed E-state index contributed by atoms with van der Waals surface area (Å²) in [6.07, 6.45) is 4.19. The van der Waals surface area contributed by atoms with Crippen molar-refractivity contribution < 1.29 is 19.0 Å². The zero-order valence-electron chi connectivity index (χ0n) is 18.0. The van der Waals surface area contributed by atoms with Gasteiger partial charge < -0.3 is 19.5 Å². The van der Waals surface area contributed by atoms with Crippen LogP contribution >= 0.6 is 0 Å². The van der Waals surface area contributed by atoms with Crippen LogP contribution in [0, 0.1) is 0 Å². The van der Waals surface area contributed by atoms with Crippen LogP contribution in [0.25, 0.3) is 0 Å². The first-order valence-electron chi connectivity index (χ1n) is 10.5. The minimum atomic E-state index is -0.116. The number of ether oxygens (including phenoxy) is 3. The van der Waals surface area contributed by atoms with Gasteiger partial charge in [-0.25, -0.2) is 0 Å². The molecule has 0 fully saturated rings. The lowest BCUT2D eigenvalue weighted by molar-refractivity contribution is 0.0954. The summed E-state index contributed by atoms with van der Waals surface area (Å²) in [7, 11) is 0. The van der Waals surface area contributed by atoms with E-state index in [1.165, 1.54) is 0 Å². The summed E-state index contributed by atoms with van der Waals surface area (Å²) < 4.78 is 17.0. The molecule has 0 saturated heterocycles. The predicted octanol–water partition coefficient (Wildman–Crippen LogP) is 4.43.